The third kappa shape index (κ3) is 3.16. The van der Waals surface area contributed by atoms with Gasteiger partial charge in [-0.1, -0.05) is 46.6 Å². The van der Waals surface area contributed by atoms with Gasteiger partial charge in [0.2, 0.25) is 0 Å². The first kappa shape index (κ1) is 19.0. The second-order valence-corrected chi connectivity index (χ2v) is 9.40. The van der Waals surface area contributed by atoms with Crippen molar-refractivity contribution in [3.63, 3.8) is 0 Å². The molecule has 8 heteroatoms. The minimum Gasteiger partial charge on any atom is -0.391 e. The highest BCUT2D eigenvalue weighted by atomic mass is 79.9. The van der Waals surface area contributed by atoms with E-state index < -0.39 is 6.10 Å². The number of pyridine rings is 1. The maximum Gasteiger partial charge on any atom is 0.134 e. The molecule has 29 heavy (non-hydrogen) atoms. The maximum absolute atomic E-state index is 10.9. The van der Waals surface area contributed by atoms with Gasteiger partial charge in [0.1, 0.15) is 5.82 Å². The van der Waals surface area contributed by atoms with Gasteiger partial charge in [-0.15, -0.1) is 5.10 Å². The molecule has 1 aliphatic heterocycles. The minimum atomic E-state index is -0.515. The molecule has 150 valence electrons. The quantitative estimate of drug-likeness (QED) is 0.620. The summed E-state index contributed by atoms with van der Waals surface area (Å²) in [5.41, 5.74) is 3.23. The molecule has 2 aromatic heterocycles. The van der Waals surface area contributed by atoms with Crippen molar-refractivity contribution < 1.29 is 5.11 Å². The van der Waals surface area contributed by atoms with E-state index in [-0.39, 0.29) is 11.5 Å². The van der Waals surface area contributed by atoms with E-state index in [0.717, 1.165) is 35.4 Å². The molecule has 3 heterocycles. The van der Waals surface area contributed by atoms with Crippen LogP contribution in [-0.2, 0) is 12.0 Å². The molecule has 0 unspecified atom stereocenters. The number of nitrogens with zero attached hydrogens (tertiary/aromatic N) is 5. The maximum atomic E-state index is 10.9. The number of benzene rings is 1. The number of aliphatic hydroxyl groups excluding tert-OH is 1. The predicted molar refractivity (Wildman–Crippen MR) is 115 cm³/mol. The number of aromatic nitrogens is 4. The molecule has 0 amide bonds. The van der Waals surface area contributed by atoms with E-state index >= 15 is 0 Å². The highest BCUT2D eigenvalue weighted by molar-refractivity contribution is 9.10. The molecule has 5 rings (SSSR count). The molecule has 1 saturated carbocycles. The predicted octanol–water partition coefficient (Wildman–Crippen LogP) is 4.05. The van der Waals surface area contributed by atoms with Crippen LogP contribution < -0.4 is 4.90 Å². The highest BCUT2D eigenvalue weighted by Crippen LogP contribution is 2.56. The molecular formula is C21H21BrClN5O. The zero-order valence-electron chi connectivity index (χ0n) is 16.0. The fourth-order valence-corrected chi connectivity index (χ4v) is 5.52. The van der Waals surface area contributed by atoms with Gasteiger partial charge in [-0.2, -0.15) is 0 Å². The molecule has 1 aromatic carbocycles. The molecule has 6 nitrogen and oxygen atoms in total. The highest BCUT2D eigenvalue weighted by Gasteiger charge is 2.54. The lowest BCUT2D eigenvalue weighted by Gasteiger charge is -2.26. The van der Waals surface area contributed by atoms with Gasteiger partial charge >= 0.3 is 0 Å². The van der Waals surface area contributed by atoms with Crippen LogP contribution in [0.1, 0.15) is 35.6 Å². The van der Waals surface area contributed by atoms with Crippen molar-refractivity contribution in [1.82, 2.24) is 20.0 Å². The number of aryl methyl sites for hydroxylation is 1. The average molecular weight is 475 g/mol. The summed E-state index contributed by atoms with van der Waals surface area (Å²) in [4.78, 5) is 7.01. The van der Waals surface area contributed by atoms with E-state index in [0.29, 0.717) is 11.4 Å². The summed E-state index contributed by atoms with van der Waals surface area (Å²) in [5, 5.41) is 19.6. The Morgan fingerprint density at radius 1 is 1.28 bits per heavy atom. The Hall–Kier alpha value is -1.96. The van der Waals surface area contributed by atoms with Crippen LogP contribution in [0.15, 0.2) is 47.3 Å². The van der Waals surface area contributed by atoms with Crippen molar-refractivity contribution in [2.24, 2.45) is 0 Å². The summed E-state index contributed by atoms with van der Waals surface area (Å²) in [5.74, 6) is 0.908. The van der Waals surface area contributed by atoms with Crippen molar-refractivity contribution in [1.29, 1.82) is 0 Å². The van der Waals surface area contributed by atoms with E-state index in [1.54, 1.807) is 17.1 Å². The number of aliphatic hydroxyl groups is 1. The zero-order chi connectivity index (χ0) is 20.2. The number of hydrogen-bond donors (Lipinski definition) is 1. The van der Waals surface area contributed by atoms with Crippen LogP contribution in [0.25, 0.3) is 0 Å². The van der Waals surface area contributed by atoms with Crippen molar-refractivity contribution in [3.8, 4) is 0 Å². The second-order valence-electron chi connectivity index (χ2n) is 8.17. The monoisotopic (exact) mass is 473 g/mol. The number of anilines is 1. The van der Waals surface area contributed by atoms with E-state index in [1.807, 2.05) is 6.20 Å². The molecule has 2 aliphatic rings. The molecule has 1 fully saturated rings. The van der Waals surface area contributed by atoms with Gasteiger partial charge < -0.3 is 10.0 Å². The first-order chi connectivity index (χ1) is 14.0. The Kier molecular flexibility index (Phi) is 4.64. The molecule has 3 aromatic rings. The zero-order valence-corrected chi connectivity index (χ0v) is 18.3. The van der Waals surface area contributed by atoms with Gasteiger partial charge in [-0.25, -0.2) is 9.67 Å². The van der Waals surface area contributed by atoms with E-state index in [9.17, 15) is 5.11 Å². The van der Waals surface area contributed by atoms with Gasteiger partial charge in [-0.05, 0) is 41.3 Å². The second kappa shape index (κ2) is 7.07. The molecule has 0 radical (unpaired) electrons. The standard InChI is InChI=1S/C21H21BrClN5O/c1-13-2-4-14(5-3-13)11-27-12-21(18-19(23)15(22)10-24-20(18)27)8-16(17(29)9-21)28-7-6-25-26-28/h2-7,10,16-17,29H,8-9,11-12H2,1H3/t16-,17-,21+/m0/s1. The molecule has 0 saturated heterocycles. The largest absolute Gasteiger partial charge is 0.391 e. The van der Waals surface area contributed by atoms with Gasteiger partial charge in [-0.3, -0.25) is 0 Å². The lowest BCUT2D eigenvalue weighted by molar-refractivity contribution is 0.127. The van der Waals surface area contributed by atoms with Gasteiger partial charge in [0.05, 0.1) is 27.8 Å². The number of hydrogen-bond acceptors (Lipinski definition) is 5. The third-order valence-corrected chi connectivity index (χ3v) is 7.42. The van der Waals surface area contributed by atoms with Crippen LogP contribution in [0.2, 0.25) is 5.02 Å². The number of rotatable bonds is 3. The summed E-state index contributed by atoms with van der Waals surface area (Å²) >= 11 is 10.3. The Balaban J connectivity index is 1.54. The van der Waals surface area contributed by atoms with Gasteiger partial charge in [0, 0.05) is 36.5 Å². The van der Waals surface area contributed by atoms with Crippen LogP contribution in [0.3, 0.4) is 0 Å². The first-order valence-electron chi connectivity index (χ1n) is 9.66. The fourth-order valence-electron chi connectivity index (χ4n) is 4.88. The minimum absolute atomic E-state index is 0.125. The van der Waals surface area contributed by atoms with Crippen molar-refractivity contribution >= 4 is 33.3 Å². The summed E-state index contributed by atoms with van der Waals surface area (Å²) in [6.45, 7) is 3.61. The molecule has 3 atom stereocenters. The fraction of sp³-hybridized carbons (Fsp3) is 0.381. The lowest BCUT2D eigenvalue weighted by atomic mass is 9.81. The van der Waals surface area contributed by atoms with Crippen molar-refractivity contribution in [2.75, 3.05) is 11.4 Å². The van der Waals surface area contributed by atoms with E-state index in [2.05, 4.69) is 62.3 Å². The van der Waals surface area contributed by atoms with Gasteiger partial charge in [0.25, 0.3) is 0 Å². The van der Waals surface area contributed by atoms with Crippen LogP contribution in [0, 0.1) is 6.92 Å². The summed E-state index contributed by atoms with van der Waals surface area (Å²) in [6.07, 6.45) is 6.07. The van der Waals surface area contributed by atoms with E-state index in [1.165, 1.54) is 11.1 Å². The topological polar surface area (TPSA) is 67.1 Å². The Morgan fingerprint density at radius 2 is 2.07 bits per heavy atom. The molecule has 0 bridgehead atoms. The number of fused-ring (bicyclic) bond motifs is 2. The first-order valence-corrected chi connectivity index (χ1v) is 10.8. The smallest absolute Gasteiger partial charge is 0.134 e. The van der Waals surface area contributed by atoms with Crippen LogP contribution in [0.5, 0.6) is 0 Å². The Bertz CT molecular complexity index is 1040. The summed E-state index contributed by atoms with van der Waals surface area (Å²) in [6, 6.07) is 8.44. The van der Waals surface area contributed by atoms with Crippen molar-refractivity contribution in [3.05, 3.63) is 69.0 Å². The van der Waals surface area contributed by atoms with Crippen LogP contribution in [-0.4, -0.2) is 37.7 Å². The molecule has 1 aliphatic carbocycles. The SMILES string of the molecule is Cc1ccc(CN2C[C@@]3(C[C@H](O)[C@@H](n4ccnn4)C3)c3c2ncc(Br)c3Cl)cc1. The van der Waals surface area contributed by atoms with E-state index in [4.69, 9.17) is 16.6 Å². The Morgan fingerprint density at radius 3 is 2.79 bits per heavy atom. The third-order valence-electron chi connectivity index (χ3n) is 6.20. The molecular weight excluding hydrogens is 454 g/mol. The molecule has 1 spiro atoms. The van der Waals surface area contributed by atoms with Crippen LogP contribution >= 0.6 is 27.5 Å². The average Bonchev–Trinajstić information content (AvgIpc) is 3.39. The summed E-state index contributed by atoms with van der Waals surface area (Å²) < 4.78 is 2.55. The Labute approximate surface area is 182 Å². The molecule has 1 N–H and O–H groups in total. The van der Waals surface area contributed by atoms with Gasteiger partial charge in [0.15, 0.2) is 0 Å². The summed E-state index contributed by atoms with van der Waals surface area (Å²) in [7, 11) is 0. The van der Waals surface area contributed by atoms with Crippen LogP contribution in [0.4, 0.5) is 5.82 Å². The van der Waals surface area contributed by atoms with Crippen molar-refractivity contribution in [2.45, 2.75) is 43.9 Å². The number of halogens is 2. The lowest BCUT2D eigenvalue weighted by Crippen LogP contribution is -2.32. The normalized spacial score (nSPS) is 25.7.